The molecule has 0 unspecified atom stereocenters. The second-order valence-electron chi connectivity index (χ2n) is 7.20. The van der Waals surface area contributed by atoms with Gasteiger partial charge in [-0.25, -0.2) is 13.2 Å². The lowest BCUT2D eigenvalue weighted by molar-refractivity contribution is -0.139. The Hall–Kier alpha value is -1.49. The second-order valence-corrected chi connectivity index (χ2v) is 12.6. The van der Waals surface area contributed by atoms with Crippen LogP contribution >= 0.6 is 46.3 Å². The van der Waals surface area contributed by atoms with Gasteiger partial charge in [-0.1, -0.05) is 23.2 Å². The summed E-state index contributed by atoms with van der Waals surface area (Å²) in [6, 6.07) is 10.6. The molecule has 0 aliphatic heterocycles. The minimum atomic E-state index is -3.35. The average Bonchev–Trinajstić information content (AvgIpc) is 3.09. The summed E-state index contributed by atoms with van der Waals surface area (Å²) in [5.74, 6) is 0.128. The van der Waals surface area contributed by atoms with Gasteiger partial charge in [0.2, 0.25) is 0 Å². The first-order chi connectivity index (χ1) is 15.7. The van der Waals surface area contributed by atoms with Crippen LogP contribution in [0.25, 0.3) is 10.1 Å². The highest BCUT2D eigenvalue weighted by Crippen LogP contribution is 2.36. The molecule has 0 atom stereocenters. The van der Waals surface area contributed by atoms with Crippen molar-refractivity contribution < 1.29 is 23.1 Å². The molecular formula is C22H23Cl2NO5S3. The third kappa shape index (κ3) is 7.24. The molecule has 6 nitrogen and oxygen atoms in total. The number of carboxylic acid groups (broad SMARTS) is 1. The van der Waals surface area contributed by atoms with Crippen LogP contribution < -0.4 is 10.1 Å². The summed E-state index contributed by atoms with van der Waals surface area (Å²) in [5.41, 5.74) is 0.764. The zero-order valence-corrected chi connectivity index (χ0v) is 21.7. The molecule has 1 heterocycles. The van der Waals surface area contributed by atoms with E-state index in [1.807, 2.05) is 25.1 Å². The number of aliphatic carboxylic acids is 1. The van der Waals surface area contributed by atoms with Crippen LogP contribution in [0.4, 0.5) is 0 Å². The number of rotatable bonds is 12. The number of benzene rings is 2. The Bertz CT molecular complexity index is 1240. The molecule has 0 spiro atoms. The van der Waals surface area contributed by atoms with Crippen LogP contribution in [0.3, 0.4) is 0 Å². The molecule has 0 radical (unpaired) electrons. The van der Waals surface area contributed by atoms with Gasteiger partial charge in [0.05, 0.1) is 10.8 Å². The number of sulfone groups is 1. The predicted molar refractivity (Wildman–Crippen MR) is 136 cm³/mol. The highest BCUT2D eigenvalue weighted by Gasteiger charge is 2.21. The van der Waals surface area contributed by atoms with E-state index in [0.717, 1.165) is 26.3 Å². The topological polar surface area (TPSA) is 92.7 Å². The Morgan fingerprint density at radius 3 is 2.70 bits per heavy atom. The number of carboxylic acids is 1. The first-order valence-corrected chi connectivity index (χ1v) is 14.3. The number of hydrogen-bond donors (Lipinski definition) is 2. The fourth-order valence-corrected chi connectivity index (χ4v) is 7.69. The fraction of sp³-hybridized carbons (Fsp3) is 0.318. The van der Waals surface area contributed by atoms with Gasteiger partial charge in [-0.15, -0.1) is 23.1 Å². The van der Waals surface area contributed by atoms with Crippen molar-refractivity contribution in [3.05, 3.63) is 52.0 Å². The Morgan fingerprint density at radius 2 is 1.97 bits per heavy atom. The number of thioether (sulfide) groups is 1. The van der Waals surface area contributed by atoms with Crippen LogP contribution in [0, 0.1) is 6.92 Å². The molecule has 0 aliphatic rings. The summed E-state index contributed by atoms with van der Waals surface area (Å²) in [6.45, 7) is 2.69. The Kier molecular flexibility index (Phi) is 9.32. The normalized spacial score (nSPS) is 11.7. The van der Waals surface area contributed by atoms with Crippen molar-refractivity contribution in [3.8, 4) is 5.75 Å². The van der Waals surface area contributed by atoms with Gasteiger partial charge in [-0.2, -0.15) is 0 Å². The van der Waals surface area contributed by atoms with Crippen LogP contribution in [-0.2, 0) is 14.6 Å². The summed E-state index contributed by atoms with van der Waals surface area (Å²) >= 11 is 15.1. The van der Waals surface area contributed by atoms with Gasteiger partial charge in [-0.3, -0.25) is 0 Å². The number of aryl methyl sites for hydroxylation is 1. The van der Waals surface area contributed by atoms with Crippen LogP contribution in [0.2, 0.25) is 10.0 Å². The number of fused-ring (bicyclic) bond motifs is 1. The quantitative estimate of drug-likeness (QED) is 0.227. The highest BCUT2D eigenvalue weighted by atomic mass is 35.5. The van der Waals surface area contributed by atoms with E-state index in [9.17, 15) is 13.2 Å². The molecule has 3 aromatic rings. The zero-order chi connectivity index (χ0) is 24.0. The molecule has 1 aromatic heterocycles. The molecule has 178 valence electrons. The van der Waals surface area contributed by atoms with E-state index in [-0.39, 0.29) is 5.75 Å². The molecular weight excluding hydrogens is 525 g/mol. The minimum Gasteiger partial charge on any atom is -0.480 e. The zero-order valence-electron chi connectivity index (χ0n) is 17.8. The average molecular weight is 549 g/mol. The summed E-state index contributed by atoms with van der Waals surface area (Å²) < 4.78 is 32.1. The van der Waals surface area contributed by atoms with Crippen molar-refractivity contribution in [2.24, 2.45) is 0 Å². The summed E-state index contributed by atoms with van der Waals surface area (Å²) in [5, 5.41) is 13.8. The molecule has 0 aliphatic carbocycles. The predicted octanol–water partition coefficient (Wildman–Crippen LogP) is 5.53. The molecule has 0 bridgehead atoms. The summed E-state index contributed by atoms with van der Waals surface area (Å²) in [6.07, 6.45) is 0.517. The lowest BCUT2D eigenvalue weighted by atomic mass is 10.2. The molecule has 2 aromatic carbocycles. The van der Waals surface area contributed by atoms with E-state index in [2.05, 4.69) is 5.32 Å². The number of carbonyl (C=O) groups is 1. The van der Waals surface area contributed by atoms with Crippen molar-refractivity contribution in [1.82, 2.24) is 5.32 Å². The lowest BCUT2D eigenvalue weighted by Gasteiger charge is -2.08. The third-order valence-electron chi connectivity index (χ3n) is 4.71. The number of hydrogen-bond acceptors (Lipinski definition) is 7. The van der Waals surface area contributed by atoms with Crippen LogP contribution in [-0.4, -0.2) is 50.7 Å². The van der Waals surface area contributed by atoms with Gasteiger partial charge >= 0.3 is 5.97 Å². The van der Waals surface area contributed by atoms with Gasteiger partial charge in [0.1, 0.15) is 9.96 Å². The second kappa shape index (κ2) is 11.8. The summed E-state index contributed by atoms with van der Waals surface area (Å²) in [7, 11) is -3.35. The number of nitrogens with one attached hydrogen (secondary N) is 1. The maximum Gasteiger partial charge on any atom is 0.341 e. The fourth-order valence-electron chi connectivity index (χ4n) is 3.14. The first kappa shape index (κ1) is 26.1. The molecule has 0 saturated carbocycles. The molecule has 33 heavy (non-hydrogen) atoms. The van der Waals surface area contributed by atoms with E-state index in [0.29, 0.717) is 39.5 Å². The first-order valence-electron chi connectivity index (χ1n) is 10.1. The molecule has 0 fully saturated rings. The van der Waals surface area contributed by atoms with E-state index < -0.39 is 22.4 Å². The van der Waals surface area contributed by atoms with Gasteiger partial charge in [0, 0.05) is 26.9 Å². The largest absolute Gasteiger partial charge is 0.480 e. The Labute approximate surface area is 211 Å². The van der Waals surface area contributed by atoms with Crippen molar-refractivity contribution in [1.29, 1.82) is 0 Å². The Balaban J connectivity index is 1.41. The van der Waals surface area contributed by atoms with Crippen molar-refractivity contribution in [3.63, 3.8) is 0 Å². The van der Waals surface area contributed by atoms with Crippen LogP contribution in [0.15, 0.2) is 45.5 Å². The Morgan fingerprint density at radius 1 is 1.18 bits per heavy atom. The van der Waals surface area contributed by atoms with E-state index in [1.54, 1.807) is 30.0 Å². The van der Waals surface area contributed by atoms with Gasteiger partial charge in [0.15, 0.2) is 16.4 Å². The third-order valence-corrected chi connectivity index (χ3v) is 10.0. The van der Waals surface area contributed by atoms with E-state index in [1.165, 1.54) is 11.3 Å². The lowest BCUT2D eigenvalue weighted by Crippen LogP contribution is -2.21. The van der Waals surface area contributed by atoms with Gasteiger partial charge in [-0.05, 0) is 67.2 Å². The minimum absolute atomic E-state index is 0.0853. The smallest absolute Gasteiger partial charge is 0.341 e. The highest BCUT2D eigenvalue weighted by molar-refractivity contribution is 7.99. The monoisotopic (exact) mass is 547 g/mol. The molecule has 11 heteroatoms. The van der Waals surface area contributed by atoms with Crippen LogP contribution in [0.5, 0.6) is 5.75 Å². The number of thiophene rings is 1. The maximum absolute atomic E-state index is 12.8. The van der Waals surface area contributed by atoms with Crippen molar-refractivity contribution in [2.45, 2.75) is 22.4 Å². The van der Waals surface area contributed by atoms with Crippen LogP contribution in [0.1, 0.15) is 12.0 Å². The SMILES string of the molecule is Cc1c(S(=O)(=O)CCCNCCSc2ccc(OCC(=O)O)c(Cl)c2)sc2ccc(Cl)cc12. The number of halogens is 2. The number of ether oxygens (including phenoxy) is 1. The summed E-state index contributed by atoms with van der Waals surface area (Å²) in [4.78, 5) is 11.5. The maximum atomic E-state index is 12.8. The standard InChI is InChI=1S/C22H23Cl2NO5S3/c1-14-17-11-15(23)3-6-20(17)32-22(14)33(28,29)10-2-7-25-8-9-31-16-4-5-19(18(24)12-16)30-13-21(26)27/h3-6,11-12,25H,2,7-10,13H2,1H3,(H,26,27). The van der Waals surface area contributed by atoms with E-state index in [4.69, 9.17) is 33.0 Å². The van der Waals surface area contributed by atoms with Crippen molar-refractivity contribution in [2.75, 3.05) is 31.2 Å². The molecule has 0 saturated heterocycles. The molecule has 0 amide bonds. The molecule has 3 rings (SSSR count). The van der Waals surface area contributed by atoms with Gasteiger partial charge in [0.25, 0.3) is 0 Å². The van der Waals surface area contributed by atoms with Crippen molar-refractivity contribution >= 4 is 72.2 Å². The van der Waals surface area contributed by atoms with Gasteiger partial charge < -0.3 is 15.2 Å². The molecule has 2 N–H and O–H groups in total. The van der Waals surface area contributed by atoms with E-state index >= 15 is 0 Å².